The van der Waals surface area contributed by atoms with E-state index in [1.807, 2.05) is 0 Å². The average Bonchev–Trinajstić information content (AvgIpc) is 2.53. The minimum absolute atomic E-state index is 0.452. The highest BCUT2D eigenvalue weighted by atomic mass is 15.1. The van der Waals surface area contributed by atoms with Crippen LogP contribution in [0.25, 0.3) is 0 Å². The molecule has 0 bridgehead atoms. The van der Waals surface area contributed by atoms with Gasteiger partial charge in [0, 0.05) is 12.1 Å². The normalized spacial score (nSPS) is 24.2. The van der Waals surface area contributed by atoms with Crippen molar-refractivity contribution in [3.8, 4) is 0 Å². The Balaban J connectivity index is 1.85. The predicted molar refractivity (Wildman–Crippen MR) is 91.6 cm³/mol. The lowest BCUT2D eigenvalue weighted by Gasteiger charge is -2.36. The minimum Gasteiger partial charge on any atom is -0.328 e. The topological polar surface area (TPSA) is 29.3 Å². The molecule has 0 aromatic heterocycles. The van der Waals surface area contributed by atoms with Crippen molar-refractivity contribution in [1.82, 2.24) is 4.90 Å². The molecule has 2 rings (SSSR count). The zero-order valence-corrected chi connectivity index (χ0v) is 13.8. The van der Waals surface area contributed by atoms with E-state index in [0.29, 0.717) is 12.0 Å². The third-order valence-electron chi connectivity index (χ3n) is 4.99. The maximum Gasteiger partial charge on any atom is 0.00964 e. The van der Waals surface area contributed by atoms with Crippen LogP contribution >= 0.6 is 0 Å². The Morgan fingerprint density at radius 2 is 1.76 bits per heavy atom. The van der Waals surface area contributed by atoms with E-state index in [2.05, 4.69) is 49.1 Å². The molecule has 1 aromatic carbocycles. The maximum atomic E-state index is 6.05. The van der Waals surface area contributed by atoms with E-state index < -0.39 is 0 Å². The van der Waals surface area contributed by atoms with Gasteiger partial charge in [0.05, 0.1) is 0 Å². The Bertz CT molecular complexity index is 382. The lowest BCUT2D eigenvalue weighted by atomic mass is 9.90. The molecule has 1 saturated carbocycles. The molecule has 0 radical (unpaired) electrons. The van der Waals surface area contributed by atoms with Crippen LogP contribution in [-0.2, 0) is 0 Å². The number of hydrogen-bond donors (Lipinski definition) is 1. The van der Waals surface area contributed by atoms with E-state index in [9.17, 15) is 0 Å². The summed E-state index contributed by atoms with van der Waals surface area (Å²) >= 11 is 0. The standard InChI is InChI=1S/C19H32N2/c1-3-14-21(19-11-9-18(20)10-12-19)15-13-16(2)17-7-5-4-6-8-17/h4-8,16,18-19H,3,9-15,20H2,1-2H3. The molecule has 1 atom stereocenters. The Kier molecular flexibility index (Phi) is 6.72. The van der Waals surface area contributed by atoms with Gasteiger partial charge in [-0.05, 0) is 63.1 Å². The number of rotatable bonds is 7. The lowest BCUT2D eigenvalue weighted by Crippen LogP contribution is -2.42. The summed E-state index contributed by atoms with van der Waals surface area (Å²) in [4.78, 5) is 2.73. The van der Waals surface area contributed by atoms with Crippen molar-refractivity contribution in [3.63, 3.8) is 0 Å². The summed E-state index contributed by atoms with van der Waals surface area (Å²) in [6.07, 6.45) is 7.51. The Morgan fingerprint density at radius 1 is 1.10 bits per heavy atom. The van der Waals surface area contributed by atoms with Gasteiger partial charge in [-0.25, -0.2) is 0 Å². The van der Waals surface area contributed by atoms with Gasteiger partial charge in [0.25, 0.3) is 0 Å². The first-order chi connectivity index (χ1) is 10.2. The van der Waals surface area contributed by atoms with Gasteiger partial charge in [0.15, 0.2) is 0 Å². The molecule has 0 spiro atoms. The summed E-state index contributed by atoms with van der Waals surface area (Å²) in [5.74, 6) is 0.649. The van der Waals surface area contributed by atoms with Crippen LogP contribution in [0.15, 0.2) is 30.3 Å². The SMILES string of the molecule is CCCN(CCC(C)c1ccccc1)C1CCC(N)CC1. The second kappa shape index (κ2) is 8.55. The molecule has 2 N–H and O–H groups in total. The van der Waals surface area contributed by atoms with E-state index >= 15 is 0 Å². The first-order valence-electron chi connectivity index (χ1n) is 8.75. The second-order valence-electron chi connectivity index (χ2n) is 6.70. The number of nitrogens with zero attached hydrogens (tertiary/aromatic N) is 1. The fourth-order valence-corrected chi connectivity index (χ4v) is 3.54. The third kappa shape index (κ3) is 5.12. The average molecular weight is 288 g/mol. The van der Waals surface area contributed by atoms with Gasteiger partial charge in [-0.2, -0.15) is 0 Å². The van der Waals surface area contributed by atoms with Gasteiger partial charge < -0.3 is 10.6 Å². The van der Waals surface area contributed by atoms with Gasteiger partial charge in [-0.3, -0.25) is 0 Å². The van der Waals surface area contributed by atoms with Gasteiger partial charge in [-0.1, -0.05) is 44.2 Å². The lowest BCUT2D eigenvalue weighted by molar-refractivity contribution is 0.145. The summed E-state index contributed by atoms with van der Waals surface area (Å²) in [5, 5.41) is 0. The highest BCUT2D eigenvalue weighted by Crippen LogP contribution is 2.25. The quantitative estimate of drug-likeness (QED) is 0.816. The van der Waals surface area contributed by atoms with Crippen LogP contribution in [0.2, 0.25) is 0 Å². The van der Waals surface area contributed by atoms with E-state index in [0.717, 1.165) is 6.04 Å². The van der Waals surface area contributed by atoms with Crippen molar-refractivity contribution < 1.29 is 0 Å². The first kappa shape index (κ1) is 16.5. The van der Waals surface area contributed by atoms with Crippen molar-refractivity contribution in [1.29, 1.82) is 0 Å². The summed E-state index contributed by atoms with van der Waals surface area (Å²) in [6.45, 7) is 7.11. The molecular formula is C19H32N2. The molecule has 0 amide bonds. The molecule has 1 aromatic rings. The fourth-order valence-electron chi connectivity index (χ4n) is 3.54. The molecule has 1 aliphatic rings. The van der Waals surface area contributed by atoms with Crippen molar-refractivity contribution in [2.24, 2.45) is 5.73 Å². The molecule has 2 heteroatoms. The van der Waals surface area contributed by atoms with Crippen LogP contribution in [0.1, 0.15) is 63.9 Å². The molecule has 1 unspecified atom stereocenters. The number of hydrogen-bond acceptors (Lipinski definition) is 2. The Morgan fingerprint density at radius 3 is 2.38 bits per heavy atom. The summed E-state index contributed by atoms with van der Waals surface area (Å²) < 4.78 is 0. The van der Waals surface area contributed by atoms with Crippen LogP contribution in [0, 0.1) is 0 Å². The van der Waals surface area contributed by atoms with E-state index in [1.54, 1.807) is 0 Å². The van der Waals surface area contributed by atoms with Gasteiger partial charge >= 0.3 is 0 Å². The monoisotopic (exact) mass is 288 g/mol. The molecule has 1 aliphatic carbocycles. The minimum atomic E-state index is 0.452. The van der Waals surface area contributed by atoms with Crippen LogP contribution in [-0.4, -0.2) is 30.1 Å². The molecule has 1 fully saturated rings. The first-order valence-corrected chi connectivity index (χ1v) is 8.75. The molecular weight excluding hydrogens is 256 g/mol. The van der Waals surface area contributed by atoms with Gasteiger partial charge in [0.1, 0.15) is 0 Å². The summed E-state index contributed by atoms with van der Waals surface area (Å²) in [6, 6.07) is 12.1. The largest absolute Gasteiger partial charge is 0.328 e. The van der Waals surface area contributed by atoms with E-state index in [-0.39, 0.29) is 0 Å². The molecule has 2 nitrogen and oxygen atoms in total. The third-order valence-corrected chi connectivity index (χ3v) is 4.99. The zero-order chi connectivity index (χ0) is 15.1. The fraction of sp³-hybridized carbons (Fsp3) is 0.684. The van der Waals surface area contributed by atoms with Crippen LogP contribution in [0.3, 0.4) is 0 Å². The van der Waals surface area contributed by atoms with Gasteiger partial charge in [-0.15, -0.1) is 0 Å². The van der Waals surface area contributed by atoms with Crippen molar-refractivity contribution >= 4 is 0 Å². The molecule has 0 heterocycles. The van der Waals surface area contributed by atoms with Crippen LogP contribution < -0.4 is 5.73 Å². The van der Waals surface area contributed by atoms with E-state index in [1.165, 1.54) is 57.2 Å². The van der Waals surface area contributed by atoms with Crippen LogP contribution in [0.5, 0.6) is 0 Å². The summed E-state index contributed by atoms with van der Waals surface area (Å²) in [5.41, 5.74) is 7.52. The highest BCUT2D eigenvalue weighted by Gasteiger charge is 2.23. The highest BCUT2D eigenvalue weighted by molar-refractivity contribution is 5.18. The zero-order valence-electron chi connectivity index (χ0n) is 13.8. The predicted octanol–water partition coefficient (Wildman–Crippen LogP) is 4.16. The molecule has 0 aliphatic heterocycles. The maximum absolute atomic E-state index is 6.05. The number of nitrogens with two attached hydrogens (primary N) is 1. The van der Waals surface area contributed by atoms with E-state index in [4.69, 9.17) is 5.73 Å². The van der Waals surface area contributed by atoms with Crippen molar-refractivity contribution in [2.45, 2.75) is 70.4 Å². The Labute approximate surface area is 130 Å². The second-order valence-corrected chi connectivity index (χ2v) is 6.70. The molecule has 21 heavy (non-hydrogen) atoms. The van der Waals surface area contributed by atoms with Crippen LogP contribution in [0.4, 0.5) is 0 Å². The van der Waals surface area contributed by atoms with Crippen molar-refractivity contribution in [3.05, 3.63) is 35.9 Å². The summed E-state index contributed by atoms with van der Waals surface area (Å²) in [7, 11) is 0. The molecule has 118 valence electrons. The van der Waals surface area contributed by atoms with Gasteiger partial charge in [0.2, 0.25) is 0 Å². The number of benzene rings is 1. The van der Waals surface area contributed by atoms with Crippen molar-refractivity contribution in [2.75, 3.05) is 13.1 Å². The smallest absolute Gasteiger partial charge is 0.00964 e. The Hall–Kier alpha value is -0.860. The molecule has 0 saturated heterocycles.